The molecule has 1 amide bonds. The van der Waals surface area contributed by atoms with Gasteiger partial charge in [0.05, 0.1) is 19.1 Å². The molecule has 0 saturated heterocycles. The zero-order valence-electron chi connectivity index (χ0n) is 11.9. The molecule has 20 heavy (non-hydrogen) atoms. The monoisotopic (exact) mass is 275 g/mol. The first kappa shape index (κ1) is 14.6. The van der Waals surface area contributed by atoms with Gasteiger partial charge in [0.2, 0.25) is 5.91 Å². The van der Waals surface area contributed by atoms with Gasteiger partial charge in [-0.25, -0.2) is 0 Å². The van der Waals surface area contributed by atoms with Crippen molar-refractivity contribution in [3.8, 4) is 0 Å². The average Bonchev–Trinajstić information content (AvgIpc) is 2.46. The first-order chi connectivity index (χ1) is 9.70. The molecule has 1 aliphatic rings. The molecule has 1 aromatic rings. The number of carbonyl (C=O) groups is 2. The number of aryl methyl sites for hydroxylation is 1. The molecule has 2 rings (SSSR count). The summed E-state index contributed by atoms with van der Waals surface area (Å²) >= 11 is 0. The van der Waals surface area contributed by atoms with Crippen molar-refractivity contribution in [3.05, 3.63) is 35.4 Å². The van der Waals surface area contributed by atoms with Crippen molar-refractivity contribution in [3.63, 3.8) is 0 Å². The van der Waals surface area contributed by atoms with E-state index in [1.165, 1.54) is 11.1 Å². The van der Waals surface area contributed by atoms with E-state index in [0.717, 1.165) is 19.3 Å². The van der Waals surface area contributed by atoms with Gasteiger partial charge in [-0.05, 0) is 37.3 Å². The molecule has 0 fully saturated rings. The molecule has 108 valence electrons. The van der Waals surface area contributed by atoms with E-state index in [-0.39, 0.29) is 30.8 Å². The highest BCUT2D eigenvalue weighted by Gasteiger charge is 2.21. The zero-order valence-corrected chi connectivity index (χ0v) is 11.9. The second kappa shape index (κ2) is 7.08. The predicted octanol–water partition coefficient (Wildman–Crippen LogP) is 2.52. The third-order valence-electron chi connectivity index (χ3n) is 3.57. The Morgan fingerprint density at radius 2 is 2.10 bits per heavy atom. The molecule has 0 spiro atoms. The number of esters is 1. The summed E-state index contributed by atoms with van der Waals surface area (Å²) in [7, 11) is 0. The van der Waals surface area contributed by atoms with Crippen LogP contribution >= 0.6 is 0 Å². The van der Waals surface area contributed by atoms with E-state index in [9.17, 15) is 9.59 Å². The minimum atomic E-state index is -0.313. The number of rotatable bonds is 5. The molecule has 4 heteroatoms. The number of nitrogens with one attached hydrogen (secondary N) is 1. The summed E-state index contributed by atoms with van der Waals surface area (Å²) < 4.78 is 4.82. The van der Waals surface area contributed by atoms with Crippen LogP contribution in [-0.2, 0) is 20.7 Å². The maximum Gasteiger partial charge on any atom is 0.306 e. The Morgan fingerprint density at radius 3 is 2.90 bits per heavy atom. The molecular weight excluding hydrogens is 254 g/mol. The summed E-state index contributed by atoms with van der Waals surface area (Å²) in [5, 5.41) is 3.03. The summed E-state index contributed by atoms with van der Waals surface area (Å²) in [6.45, 7) is 2.12. The molecule has 0 bridgehead atoms. The fourth-order valence-corrected chi connectivity index (χ4v) is 2.62. The van der Waals surface area contributed by atoms with Crippen molar-refractivity contribution in [2.75, 3.05) is 6.61 Å². The Balaban J connectivity index is 1.88. The molecule has 1 N–H and O–H groups in total. The van der Waals surface area contributed by atoms with Crippen LogP contribution in [-0.4, -0.2) is 18.5 Å². The number of fused-ring (bicyclic) bond motifs is 1. The Kier molecular flexibility index (Phi) is 5.16. The highest BCUT2D eigenvalue weighted by molar-refractivity contribution is 5.81. The fourth-order valence-electron chi connectivity index (χ4n) is 2.62. The number of benzene rings is 1. The number of hydrogen-bond donors (Lipinski definition) is 1. The van der Waals surface area contributed by atoms with Crippen molar-refractivity contribution in [1.29, 1.82) is 0 Å². The molecule has 1 aliphatic carbocycles. The van der Waals surface area contributed by atoms with E-state index in [1.54, 1.807) is 6.92 Å². The maximum absolute atomic E-state index is 11.9. The van der Waals surface area contributed by atoms with Gasteiger partial charge in [0.25, 0.3) is 0 Å². The Hall–Kier alpha value is -1.84. The third kappa shape index (κ3) is 3.83. The molecule has 4 nitrogen and oxygen atoms in total. The van der Waals surface area contributed by atoms with Gasteiger partial charge in [0.15, 0.2) is 0 Å². The lowest BCUT2D eigenvalue weighted by molar-refractivity contribution is -0.144. The standard InChI is InChI=1S/C16H21NO3/c1-2-20-16(19)11-10-15(18)17-14-9-5-7-12-6-3-4-8-13(12)14/h3-4,6,8,14H,2,5,7,9-11H2,1H3,(H,17,18)/t14-/m1/s1. The summed E-state index contributed by atoms with van der Waals surface area (Å²) in [4.78, 5) is 23.1. The smallest absolute Gasteiger partial charge is 0.306 e. The number of ether oxygens (including phenoxy) is 1. The van der Waals surface area contributed by atoms with Crippen LogP contribution in [0.1, 0.15) is 49.8 Å². The van der Waals surface area contributed by atoms with E-state index in [4.69, 9.17) is 4.74 Å². The van der Waals surface area contributed by atoms with Gasteiger partial charge in [-0.2, -0.15) is 0 Å². The van der Waals surface area contributed by atoms with Crippen molar-refractivity contribution >= 4 is 11.9 Å². The summed E-state index contributed by atoms with van der Waals surface area (Å²) in [6.07, 6.45) is 3.46. The fraction of sp³-hybridized carbons (Fsp3) is 0.500. The minimum Gasteiger partial charge on any atom is -0.466 e. The number of hydrogen-bond acceptors (Lipinski definition) is 3. The van der Waals surface area contributed by atoms with E-state index in [2.05, 4.69) is 17.4 Å². The van der Waals surface area contributed by atoms with Crippen LogP contribution < -0.4 is 5.32 Å². The van der Waals surface area contributed by atoms with E-state index >= 15 is 0 Å². The summed E-state index contributed by atoms with van der Waals surface area (Å²) in [6, 6.07) is 8.30. The van der Waals surface area contributed by atoms with Crippen molar-refractivity contribution in [2.24, 2.45) is 0 Å². The van der Waals surface area contributed by atoms with Crippen LogP contribution in [0.2, 0.25) is 0 Å². The molecular formula is C16H21NO3. The first-order valence-electron chi connectivity index (χ1n) is 7.23. The molecule has 0 saturated carbocycles. The SMILES string of the molecule is CCOC(=O)CCC(=O)N[C@@H]1CCCc2ccccc21. The molecule has 0 unspecified atom stereocenters. The number of amides is 1. The second-order valence-corrected chi connectivity index (χ2v) is 5.02. The molecule has 1 aromatic carbocycles. The van der Waals surface area contributed by atoms with Crippen molar-refractivity contribution < 1.29 is 14.3 Å². The zero-order chi connectivity index (χ0) is 14.4. The third-order valence-corrected chi connectivity index (χ3v) is 3.57. The Morgan fingerprint density at radius 1 is 1.30 bits per heavy atom. The first-order valence-corrected chi connectivity index (χ1v) is 7.23. The van der Waals surface area contributed by atoms with Gasteiger partial charge in [-0.1, -0.05) is 24.3 Å². The molecule has 0 aromatic heterocycles. The van der Waals surface area contributed by atoms with Crippen molar-refractivity contribution in [2.45, 2.75) is 45.1 Å². The molecule has 0 aliphatic heterocycles. The Bertz CT molecular complexity index is 484. The normalized spacial score (nSPS) is 17.1. The van der Waals surface area contributed by atoms with Crippen molar-refractivity contribution in [1.82, 2.24) is 5.32 Å². The second-order valence-electron chi connectivity index (χ2n) is 5.02. The van der Waals surface area contributed by atoms with Gasteiger partial charge in [-0.15, -0.1) is 0 Å². The van der Waals surface area contributed by atoms with Crippen LogP contribution in [0.5, 0.6) is 0 Å². The largest absolute Gasteiger partial charge is 0.466 e. The summed E-state index contributed by atoms with van der Waals surface area (Å²) in [5.41, 5.74) is 2.53. The van der Waals surface area contributed by atoms with Crippen LogP contribution in [0, 0.1) is 0 Å². The topological polar surface area (TPSA) is 55.4 Å². The van der Waals surface area contributed by atoms with Crippen LogP contribution in [0.15, 0.2) is 24.3 Å². The lowest BCUT2D eigenvalue weighted by atomic mass is 9.87. The maximum atomic E-state index is 11.9. The molecule has 1 atom stereocenters. The average molecular weight is 275 g/mol. The van der Waals surface area contributed by atoms with E-state index in [0.29, 0.717) is 6.61 Å². The van der Waals surface area contributed by atoms with Gasteiger partial charge in [0, 0.05) is 6.42 Å². The summed E-state index contributed by atoms with van der Waals surface area (Å²) in [5.74, 6) is -0.397. The lowest BCUT2D eigenvalue weighted by Crippen LogP contribution is -2.31. The quantitative estimate of drug-likeness (QED) is 0.840. The van der Waals surface area contributed by atoms with Crippen LogP contribution in [0.4, 0.5) is 0 Å². The van der Waals surface area contributed by atoms with Gasteiger partial charge >= 0.3 is 5.97 Å². The van der Waals surface area contributed by atoms with E-state index in [1.807, 2.05) is 12.1 Å². The van der Waals surface area contributed by atoms with Crippen LogP contribution in [0.3, 0.4) is 0 Å². The van der Waals surface area contributed by atoms with Gasteiger partial charge in [-0.3, -0.25) is 9.59 Å². The highest BCUT2D eigenvalue weighted by Crippen LogP contribution is 2.29. The van der Waals surface area contributed by atoms with Gasteiger partial charge in [0.1, 0.15) is 0 Å². The minimum absolute atomic E-state index is 0.0784. The predicted molar refractivity (Wildman–Crippen MR) is 76.1 cm³/mol. The lowest BCUT2D eigenvalue weighted by Gasteiger charge is -2.26. The molecule has 0 heterocycles. The van der Waals surface area contributed by atoms with Crippen LogP contribution in [0.25, 0.3) is 0 Å². The van der Waals surface area contributed by atoms with Gasteiger partial charge < -0.3 is 10.1 Å². The Labute approximate surface area is 119 Å². The molecule has 0 radical (unpaired) electrons. The highest BCUT2D eigenvalue weighted by atomic mass is 16.5. The number of carbonyl (C=O) groups excluding carboxylic acids is 2. The van der Waals surface area contributed by atoms with E-state index < -0.39 is 0 Å².